The lowest BCUT2D eigenvalue weighted by Crippen LogP contribution is -2.25. The molecule has 35 heavy (non-hydrogen) atoms. The minimum absolute atomic E-state index is 0.160. The van der Waals surface area contributed by atoms with E-state index < -0.39 is 0 Å². The molecule has 10 heteroatoms. The van der Waals surface area contributed by atoms with E-state index in [1.54, 1.807) is 33.6 Å². The van der Waals surface area contributed by atoms with Crippen molar-refractivity contribution in [3.63, 3.8) is 0 Å². The van der Waals surface area contributed by atoms with E-state index in [0.29, 0.717) is 28.8 Å². The lowest BCUT2D eigenvalue weighted by molar-refractivity contribution is -0.116. The van der Waals surface area contributed by atoms with Gasteiger partial charge in [0.15, 0.2) is 11.5 Å². The largest absolute Gasteiger partial charge is 0.496 e. The molecule has 1 atom stereocenters. The number of carbonyl (C=O) groups excluding carboxylic acids is 1. The normalized spacial score (nSPS) is 14.7. The lowest BCUT2D eigenvalue weighted by Gasteiger charge is -2.26. The first kappa shape index (κ1) is 22.3. The molecule has 1 aliphatic heterocycles. The summed E-state index contributed by atoms with van der Waals surface area (Å²) in [6, 6.07) is 13.3. The highest BCUT2D eigenvalue weighted by Crippen LogP contribution is 2.46. The van der Waals surface area contributed by atoms with E-state index in [2.05, 4.69) is 25.6 Å². The first-order chi connectivity index (χ1) is 17.0. The van der Waals surface area contributed by atoms with Gasteiger partial charge in [0.1, 0.15) is 11.6 Å². The molecule has 178 valence electrons. The highest BCUT2D eigenvalue weighted by Gasteiger charge is 2.35. The summed E-state index contributed by atoms with van der Waals surface area (Å²) in [5.41, 5.74) is 3.93. The second-order valence-corrected chi connectivity index (χ2v) is 8.02. The summed E-state index contributed by atoms with van der Waals surface area (Å²) in [4.78, 5) is 17.5. The molecule has 0 fully saturated rings. The number of hydrogen-bond acceptors (Lipinski definition) is 8. The lowest BCUT2D eigenvalue weighted by atomic mass is 9.85. The van der Waals surface area contributed by atoms with Crippen LogP contribution in [0.15, 0.2) is 48.7 Å². The Kier molecular flexibility index (Phi) is 5.77. The molecule has 0 saturated heterocycles. The summed E-state index contributed by atoms with van der Waals surface area (Å²) in [5.74, 6) is 1.95. The van der Waals surface area contributed by atoms with Crippen molar-refractivity contribution >= 4 is 11.7 Å². The Morgan fingerprint density at radius 2 is 1.71 bits per heavy atom. The molecule has 1 aliphatic rings. The maximum Gasteiger partial charge on any atom is 0.272 e. The van der Waals surface area contributed by atoms with Crippen LogP contribution < -0.4 is 19.5 Å². The van der Waals surface area contributed by atoms with E-state index in [4.69, 9.17) is 14.2 Å². The van der Waals surface area contributed by atoms with E-state index >= 15 is 0 Å². The van der Waals surface area contributed by atoms with Gasteiger partial charge in [0.05, 0.1) is 38.9 Å². The summed E-state index contributed by atoms with van der Waals surface area (Å²) < 4.78 is 18.1. The third-order valence-corrected chi connectivity index (χ3v) is 6.02. The van der Waals surface area contributed by atoms with Crippen LogP contribution in [0.3, 0.4) is 0 Å². The van der Waals surface area contributed by atoms with Crippen LogP contribution in [-0.4, -0.2) is 52.2 Å². The van der Waals surface area contributed by atoms with Crippen LogP contribution in [0.25, 0.3) is 17.2 Å². The molecule has 0 radical (unpaired) electrons. The number of amides is 1. The van der Waals surface area contributed by atoms with Crippen molar-refractivity contribution in [2.75, 3.05) is 26.6 Å². The zero-order valence-corrected chi connectivity index (χ0v) is 19.8. The van der Waals surface area contributed by atoms with Gasteiger partial charge in [-0.1, -0.05) is 30.3 Å². The number of nitrogens with one attached hydrogen (secondary N) is 1. The van der Waals surface area contributed by atoms with Crippen molar-refractivity contribution in [1.29, 1.82) is 0 Å². The Hall–Kier alpha value is -4.47. The summed E-state index contributed by atoms with van der Waals surface area (Å²) >= 11 is 0. The molecule has 4 aromatic rings. The van der Waals surface area contributed by atoms with Crippen molar-refractivity contribution in [2.24, 2.45) is 0 Å². The van der Waals surface area contributed by atoms with Gasteiger partial charge in [-0.05, 0) is 13.0 Å². The monoisotopic (exact) mass is 472 g/mol. The molecule has 0 bridgehead atoms. The van der Waals surface area contributed by atoms with E-state index in [9.17, 15) is 4.79 Å². The number of benzene rings is 2. The number of nitrogens with zero attached hydrogens (tertiary/aromatic N) is 5. The van der Waals surface area contributed by atoms with Gasteiger partial charge < -0.3 is 19.5 Å². The number of methoxy groups -OCH3 is 3. The molecular formula is C25H24N6O4. The number of carbonyl (C=O) groups is 1. The zero-order chi connectivity index (χ0) is 24.5. The van der Waals surface area contributed by atoms with Gasteiger partial charge in [-0.3, -0.25) is 4.79 Å². The fraction of sp³-hybridized carbons (Fsp3) is 0.240. The average Bonchev–Trinajstić information content (AvgIpc) is 3.23. The standard InChI is InChI=1S/C25H24N6O4/c1-14-23-17(16-10-20(34-3)21(35-4)12-19(16)33-2)11-22(32)28-24(23)31(30-14)25-27-18(13-26-29-25)15-8-6-5-7-9-15/h5-10,12-13,17H,11H2,1-4H3,(H,28,32)/t17-/m1/s1. The topological polar surface area (TPSA) is 113 Å². The number of anilines is 1. The third-order valence-electron chi connectivity index (χ3n) is 6.02. The molecule has 5 rings (SSSR count). The molecule has 3 heterocycles. The van der Waals surface area contributed by atoms with Crippen LogP contribution in [0.5, 0.6) is 17.2 Å². The Labute approximate surface area is 201 Å². The van der Waals surface area contributed by atoms with Crippen molar-refractivity contribution in [1.82, 2.24) is 25.0 Å². The van der Waals surface area contributed by atoms with E-state index in [1.165, 1.54) is 4.68 Å². The van der Waals surface area contributed by atoms with Crippen LogP contribution in [0.1, 0.15) is 29.2 Å². The highest BCUT2D eigenvalue weighted by molar-refractivity contribution is 5.95. The van der Waals surface area contributed by atoms with E-state index in [1.807, 2.05) is 43.3 Å². The molecule has 1 amide bonds. The zero-order valence-electron chi connectivity index (χ0n) is 19.8. The van der Waals surface area contributed by atoms with Gasteiger partial charge in [-0.25, -0.2) is 4.98 Å². The first-order valence-electron chi connectivity index (χ1n) is 11.0. The SMILES string of the molecule is COc1cc(OC)c([C@H]2CC(=O)Nc3c2c(C)nn3-c2nncc(-c3ccccc3)n2)cc1OC. The van der Waals surface area contributed by atoms with Crippen LogP contribution in [0, 0.1) is 6.92 Å². The Balaban J connectivity index is 1.65. The number of aryl methyl sites for hydroxylation is 1. The summed E-state index contributed by atoms with van der Waals surface area (Å²) in [6.45, 7) is 1.89. The minimum Gasteiger partial charge on any atom is -0.496 e. The maximum atomic E-state index is 12.9. The number of hydrogen-bond donors (Lipinski definition) is 1. The fourth-order valence-corrected chi connectivity index (χ4v) is 4.41. The molecule has 0 saturated carbocycles. The number of ether oxygens (including phenoxy) is 3. The number of rotatable bonds is 6. The van der Waals surface area contributed by atoms with Crippen molar-refractivity contribution < 1.29 is 19.0 Å². The first-order valence-corrected chi connectivity index (χ1v) is 11.0. The second kappa shape index (κ2) is 9.05. The van der Waals surface area contributed by atoms with Crippen molar-refractivity contribution in [3.05, 3.63) is 65.5 Å². The average molecular weight is 473 g/mol. The predicted octanol–water partition coefficient (Wildman–Crippen LogP) is 3.53. The Morgan fingerprint density at radius 3 is 2.43 bits per heavy atom. The number of fused-ring (bicyclic) bond motifs is 1. The molecule has 2 aromatic heterocycles. The van der Waals surface area contributed by atoms with Gasteiger partial charge in [-0.2, -0.15) is 14.9 Å². The second-order valence-electron chi connectivity index (χ2n) is 8.02. The summed E-state index contributed by atoms with van der Waals surface area (Å²) in [5, 5.41) is 15.9. The van der Waals surface area contributed by atoms with E-state index in [0.717, 1.165) is 22.4 Å². The minimum atomic E-state index is -0.326. The molecule has 0 spiro atoms. The Bertz CT molecular complexity index is 1400. The summed E-state index contributed by atoms with van der Waals surface area (Å²) in [7, 11) is 4.72. The third kappa shape index (κ3) is 3.92. The molecule has 10 nitrogen and oxygen atoms in total. The van der Waals surface area contributed by atoms with Crippen LogP contribution in [0.4, 0.5) is 5.82 Å². The Morgan fingerprint density at radius 1 is 1.00 bits per heavy atom. The van der Waals surface area contributed by atoms with Crippen molar-refractivity contribution in [2.45, 2.75) is 19.3 Å². The molecule has 2 aromatic carbocycles. The maximum absolute atomic E-state index is 12.9. The molecular weight excluding hydrogens is 448 g/mol. The van der Waals surface area contributed by atoms with E-state index in [-0.39, 0.29) is 24.2 Å². The van der Waals surface area contributed by atoms with Crippen LogP contribution in [-0.2, 0) is 4.79 Å². The fourth-order valence-electron chi connectivity index (χ4n) is 4.41. The summed E-state index contributed by atoms with van der Waals surface area (Å²) in [6.07, 6.45) is 1.81. The molecule has 0 aliphatic carbocycles. The van der Waals surface area contributed by atoms with Crippen LogP contribution >= 0.6 is 0 Å². The van der Waals surface area contributed by atoms with Gasteiger partial charge >= 0.3 is 0 Å². The predicted molar refractivity (Wildman–Crippen MR) is 128 cm³/mol. The smallest absolute Gasteiger partial charge is 0.272 e. The molecule has 0 unspecified atom stereocenters. The van der Waals surface area contributed by atoms with Gasteiger partial charge in [0.25, 0.3) is 5.95 Å². The molecule has 1 N–H and O–H groups in total. The highest BCUT2D eigenvalue weighted by atomic mass is 16.5. The van der Waals surface area contributed by atoms with Crippen LogP contribution in [0.2, 0.25) is 0 Å². The quantitative estimate of drug-likeness (QED) is 0.453. The van der Waals surface area contributed by atoms with Crippen molar-refractivity contribution in [3.8, 4) is 34.5 Å². The van der Waals surface area contributed by atoms with Gasteiger partial charge in [0, 0.05) is 35.1 Å². The van der Waals surface area contributed by atoms with Gasteiger partial charge in [-0.15, -0.1) is 5.10 Å². The van der Waals surface area contributed by atoms with Gasteiger partial charge in [0.2, 0.25) is 5.91 Å². The number of aromatic nitrogens is 5.